The minimum Gasteiger partial charge on any atom is -0.299 e. The molecule has 2 aromatic carbocycles. The van der Waals surface area contributed by atoms with E-state index in [9.17, 15) is 0 Å². The zero-order valence-corrected chi connectivity index (χ0v) is 17.4. The number of hydrogen-bond donors (Lipinski definition) is 0. The van der Waals surface area contributed by atoms with E-state index in [0.717, 1.165) is 5.82 Å². The van der Waals surface area contributed by atoms with Crippen LogP contribution in [0.25, 0.3) is 17.1 Å². The number of imidazole rings is 1. The molecule has 0 radical (unpaired) electrons. The van der Waals surface area contributed by atoms with Crippen molar-refractivity contribution in [2.45, 2.75) is 60.8 Å². The fourth-order valence-corrected chi connectivity index (χ4v) is 3.86. The quantitative estimate of drug-likeness (QED) is 0.526. The van der Waals surface area contributed by atoms with Crippen molar-refractivity contribution in [3.63, 3.8) is 0 Å². The molecule has 0 aliphatic heterocycles. The summed E-state index contributed by atoms with van der Waals surface area (Å²) in [4.78, 5) is 4.76. The fraction of sp³-hybridized carbons (Fsp3) is 0.375. The number of rotatable bonds is 2. The van der Waals surface area contributed by atoms with Crippen molar-refractivity contribution in [2.24, 2.45) is 0 Å². The molecule has 0 aliphatic rings. The molecule has 0 unspecified atom stereocenters. The molecule has 0 N–H and O–H groups in total. The number of benzene rings is 2. The Bertz CT molecular complexity index is 939. The van der Waals surface area contributed by atoms with E-state index in [1.807, 2.05) is 6.20 Å². The molecule has 1 aromatic heterocycles. The summed E-state index contributed by atoms with van der Waals surface area (Å²) in [6.07, 6.45) is 4.01. The van der Waals surface area contributed by atoms with Gasteiger partial charge in [-0.2, -0.15) is 0 Å². The molecule has 26 heavy (non-hydrogen) atoms. The van der Waals surface area contributed by atoms with E-state index >= 15 is 0 Å². The van der Waals surface area contributed by atoms with Crippen LogP contribution in [0.5, 0.6) is 0 Å². The Morgan fingerprint density at radius 2 is 1.31 bits per heavy atom. The van der Waals surface area contributed by atoms with Gasteiger partial charge < -0.3 is 0 Å². The van der Waals surface area contributed by atoms with Gasteiger partial charge in [-0.25, -0.2) is 4.98 Å². The first-order chi connectivity index (χ1) is 12.1. The van der Waals surface area contributed by atoms with Gasteiger partial charge in [-0.05, 0) is 73.4 Å². The van der Waals surface area contributed by atoms with Crippen LogP contribution in [-0.2, 0) is 5.41 Å². The highest BCUT2D eigenvalue weighted by Crippen LogP contribution is 2.36. The molecule has 3 aromatic rings. The predicted molar refractivity (Wildman–Crippen MR) is 111 cm³/mol. The van der Waals surface area contributed by atoms with Crippen LogP contribution in [0.4, 0.5) is 0 Å². The van der Waals surface area contributed by atoms with E-state index in [4.69, 9.17) is 4.98 Å². The molecule has 2 nitrogen and oxygen atoms in total. The minimum atomic E-state index is 0.0660. The SMILES string of the molecule is Cc1c(C)c(C)c(-n2ccnc2-c2ccccc2C(C)(C)C)c(C)c1C. The second-order valence-electron chi connectivity index (χ2n) is 8.39. The van der Waals surface area contributed by atoms with Gasteiger partial charge in [0.2, 0.25) is 0 Å². The maximum atomic E-state index is 4.76. The van der Waals surface area contributed by atoms with Gasteiger partial charge in [-0.3, -0.25) is 4.57 Å². The van der Waals surface area contributed by atoms with Gasteiger partial charge in [0.1, 0.15) is 5.82 Å². The Balaban J connectivity index is 2.32. The Morgan fingerprint density at radius 3 is 1.88 bits per heavy atom. The molecule has 0 amide bonds. The number of aromatic nitrogens is 2. The Morgan fingerprint density at radius 1 is 0.769 bits per heavy atom. The highest BCUT2D eigenvalue weighted by atomic mass is 15.1. The number of nitrogens with zero attached hydrogens (tertiary/aromatic N) is 2. The smallest absolute Gasteiger partial charge is 0.144 e. The predicted octanol–water partition coefficient (Wildman–Crippen LogP) is 6.38. The van der Waals surface area contributed by atoms with Crippen LogP contribution in [0.3, 0.4) is 0 Å². The maximum Gasteiger partial charge on any atom is 0.144 e. The lowest BCUT2D eigenvalue weighted by atomic mass is 9.83. The molecular formula is C24H30N2. The van der Waals surface area contributed by atoms with E-state index in [1.165, 1.54) is 44.6 Å². The van der Waals surface area contributed by atoms with Gasteiger partial charge in [-0.15, -0.1) is 0 Å². The average molecular weight is 347 g/mol. The number of hydrogen-bond acceptors (Lipinski definition) is 1. The summed E-state index contributed by atoms with van der Waals surface area (Å²) >= 11 is 0. The molecule has 136 valence electrons. The van der Waals surface area contributed by atoms with Crippen LogP contribution in [0, 0.1) is 34.6 Å². The zero-order valence-electron chi connectivity index (χ0n) is 17.4. The third-order valence-electron chi connectivity index (χ3n) is 5.82. The molecule has 0 saturated heterocycles. The summed E-state index contributed by atoms with van der Waals surface area (Å²) in [5, 5.41) is 0. The second-order valence-corrected chi connectivity index (χ2v) is 8.39. The summed E-state index contributed by atoms with van der Waals surface area (Å²) in [6.45, 7) is 17.9. The lowest BCUT2D eigenvalue weighted by Crippen LogP contribution is -2.14. The van der Waals surface area contributed by atoms with Crippen molar-refractivity contribution in [3.05, 3.63) is 70.0 Å². The van der Waals surface area contributed by atoms with Gasteiger partial charge in [0.05, 0.1) is 5.69 Å². The van der Waals surface area contributed by atoms with Crippen molar-refractivity contribution < 1.29 is 0 Å². The summed E-state index contributed by atoms with van der Waals surface area (Å²) < 4.78 is 2.27. The van der Waals surface area contributed by atoms with E-state index in [0.29, 0.717) is 0 Å². The van der Waals surface area contributed by atoms with Gasteiger partial charge >= 0.3 is 0 Å². The van der Waals surface area contributed by atoms with Crippen LogP contribution >= 0.6 is 0 Å². The summed E-state index contributed by atoms with van der Waals surface area (Å²) in [7, 11) is 0. The average Bonchev–Trinajstić information content (AvgIpc) is 3.07. The highest BCUT2D eigenvalue weighted by Gasteiger charge is 2.22. The lowest BCUT2D eigenvalue weighted by Gasteiger charge is -2.24. The maximum absolute atomic E-state index is 4.76. The Labute approximate surface area is 157 Å². The summed E-state index contributed by atoms with van der Waals surface area (Å²) in [5.74, 6) is 1.02. The topological polar surface area (TPSA) is 17.8 Å². The molecule has 3 rings (SSSR count). The molecule has 0 saturated carbocycles. The molecule has 0 bridgehead atoms. The third-order valence-corrected chi connectivity index (χ3v) is 5.82. The third kappa shape index (κ3) is 2.88. The van der Waals surface area contributed by atoms with Gasteiger partial charge in [0, 0.05) is 18.0 Å². The van der Waals surface area contributed by atoms with Crippen molar-refractivity contribution in [1.82, 2.24) is 9.55 Å². The first-order valence-electron chi connectivity index (χ1n) is 9.35. The summed E-state index contributed by atoms with van der Waals surface area (Å²) in [6, 6.07) is 8.64. The van der Waals surface area contributed by atoms with Crippen molar-refractivity contribution >= 4 is 0 Å². The molecule has 0 aliphatic carbocycles. The monoisotopic (exact) mass is 346 g/mol. The Kier molecular flexibility index (Phi) is 4.56. The van der Waals surface area contributed by atoms with Crippen LogP contribution in [0.2, 0.25) is 0 Å². The normalized spacial score (nSPS) is 11.8. The summed E-state index contributed by atoms with van der Waals surface area (Å²) in [5.41, 5.74) is 10.6. The molecular weight excluding hydrogens is 316 g/mol. The highest BCUT2D eigenvalue weighted by molar-refractivity contribution is 5.67. The fourth-order valence-electron chi connectivity index (χ4n) is 3.86. The molecule has 0 spiro atoms. The molecule has 0 atom stereocenters. The largest absolute Gasteiger partial charge is 0.299 e. The molecule has 2 heteroatoms. The second kappa shape index (κ2) is 6.42. The van der Waals surface area contributed by atoms with Gasteiger partial charge in [-0.1, -0.05) is 45.0 Å². The van der Waals surface area contributed by atoms with Gasteiger partial charge in [0.15, 0.2) is 0 Å². The first kappa shape index (κ1) is 18.4. The standard InChI is InChI=1S/C24H30N2/c1-15-16(2)18(4)22(19(5)17(15)3)26-14-13-25-23(26)20-11-9-10-12-21(20)24(6,7)8/h9-14H,1-8H3. The molecule has 1 heterocycles. The van der Waals surface area contributed by atoms with Crippen LogP contribution in [0.15, 0.2) is 36.7 Å². The Hall–Kier alpha value is -2.35. The lowest BCUT2D eigenvalue weighted by molar-refractivity contribution is 0.591. The van der Waals surface area contributed by atoms with Crippen molar-refractivity contribution in [2.75, 3.05) is 0 Å². The van der Waals surface area contributed by atoms with E-state index in [1.54, 1.807) is 0 Å². The van der Waals surface area contributed by atoms with Gasteiger partial charge in [0.25, 0.3) is 0 Å². The van der Waals surface area contributed by atoms with E-state index in [2.05, 4.69) is 90.4 Å². The zero-order chi connectivity index (χ0) is 19.2. The van der Waals surface area contributed by atoms with Crippen molar-refractivity contribution in [3.8, 4) is 17.1 Å². The molecule has 0 fully saturated rings. The van der Waals surface area contributed by atoms with E-state index in [-0.39, 0.29) is 5.41 Å². The van der Waals surface area contributed by atoms with Crippen LogP contribution in [-0.4, -0.2) is 9.55 Å². The van der Waals surface area contributed by atoms with Crippen LogP contribution in [0.1, 0.15) is 54.2 Å². The first-order valence-corrected chi connectivity index (χ1v) is 9.35. The van der Waals surface area contributed by atoms with Crippen molar-refractivity contribution in [1.29, 1.82) is 0 Å². The van der Waals surface area contributed by atoms with Crippen LogP contribution < -0.4 is 0 Å². The minimum absolute atomic E-state index is 0.0660. The van der Waals surface area contributed by atoms with E-state index < -0.39 is 0 Å².